The number of carbonyl (C=O) groups is 2. The summed E-state index contributed by atoms with van der Waals surface area (Å²) in [7, 11) is 0. The Kier molecular flexibility index (Phi) is 6.71. The molecule has 0 saturated heterocycles. The summed E-state index contributed by atoms with van der Waals surface area (Å²) >= 11 is 0. The molecule has 0 aliphatic heterocycles. The number of allylic oxidation sites excluding steroid dienone is 2. The summed E-state index contributed by atoms with van der Waals surface area (Å²) in [6, 6.07) is 14.4. The maximum Gasteiger partial charge on any atom is 0.164 e. The van der Waals surface area contributed by atoms with E-state index < -0.39 is 10.8 Å². The van der Waals surface area contributed by atoms with Crippen molar-refractivity contribution in [3.8, 4) is 11.1 Å². The normalized spacial score (nSPS) is 13.3. The van der Waals surface area contributed by atoms with Gasteiger partial charge in [0.2, 0.25) is 0 Å². The Bertz CT molecular complexity index is 894. The van der Waals surface area contributed by atoms with Gasteiger partial charge in [0, 0.05) is 34.1 Å². The molecule has 2 aromatic rings. The van der Waals surface area contributed by atoms with Crippen LogP contribution >= 0.6 is 0 Å². The second-order valence-corrected chi connectivity index (χ2v) is 9.44. The molecular formula is C26H30O4. The van der Waals surface area contributed by atoms with E-state index in [9.17, 15) is 19.8 Å². The molecule has 2 rings (SSSR count). The number of hydrogen-bond donors (Lipinski definition) is 2. The highest BCUT2D eigenvalue weighted by Crippen LogP contribution is 2.25. The molecule has 0 saturated carbocycles. The fourth-order valence-corrected chi connectivity index (χ4v) is 2.51. The first kappa shape index (κ1) is 23.1. The zero-order chi connectivity index (χ0) is 22.7. The van der Waals surface area contributed by atoms with Crippen LogP contribution in [0.25, 0.3) is 22.6 Å². The predicted octanol–water partition coefficient (Wildman–Crippen LogP) is 6.38. The Balaban J connectivity index is 2.20. The van der Waals surface area contributed by atoms with Crippen molar-refractivity contribution < 1.29 is 19.8 Å². The van der Waals surface area contributed by atoms with Gasteiger partial charge in [-0.25, -0.2) is 0 Å². The first-order chi connectivity index (χ1) is 13.8. The van der Waals surface area contributed by atoms with Gasteiger partial charge in [0.15, 0.2) is 11.6 Å². The van der Waals surface area contributed by atoms with Crippen LogP contribution in [0.4, 0.5) is 0 Å². The highest BCUT2D eigenvalue weighted by atomic mass is 16.3. The number of aliphatic hydroxyl groups excluding tert-OH is 2. The third kappa shape index (κ3) is 5.93. The quantitative estimate of drug-likeness (QED) is 0.446. The van der Waals surface area contributed by atoms with Crippen molar-refractivity contribution in [2.45, 2.75) is 41.5 Å². The zero-order valence-corrected chi connectivity index (χ0v) is 18.5. The minimum Gasteiger partial charge on any atom is -0.507 e. The molecule has 0 unspecified atom stereocenters. The van der Waals surface area contributed by atoms with Crippen molar-refractivity contribution in [3.05, 3.63) is 71.8 Å². The van der Waals surface area contributed by atoms with Crippen LogP contribution in [0.2, 0.25) is 0 Å². The van der Waals surface area contributed by atoms with Crippen molar-refractivity contribution in [2.24, 2.45) is 10.8 Å². The summed E-state index contributed by atoms with van der Waals surface area (Å²) in [6.45, 7) is 10.8. The molecule has 0 aliphatic rings. The van der Waals surface area contributed by atoms with Gasteiger partial charge in [-0.05, 0) is 11.1 Å². The van der Waals surface area contributed by atoms with Crippen LogP contribution in [-0.2, 0) is 9.59 Å². The maximum absolute atomic E-state index is 12.1. The van der Waals surface area contributed by atoms with E-state index >= 15 is 0 Å². The van der Waals surface area contributed by atoms with E-state index in [2.05, 4.69) is 0 Å². The van der Waals surface area contributed by atoms with Crippen molar-refractivity contribution >= 4 is 23.1 Å². The Morgan fingerprint density at radius 2 is 0.867 bits per heavy atom. The van der Waals surface area contributed by atoms with Crippen molar-refractivity contribution in [3.63, 3.8) is 0 Å². The van der Waals surface area contributed by atoms with E-state index in [1.54, 1.807) is 65.8 Å². The Morgan fingerprint density at radius 3 is 1.10 bits per heavy atom. The number of ketones is 2. The summed E-state index contributed by atoms with van der Waals surface area (Å²) in [5.41, 5.74) is 1.88. The van der Waals surface area contributed by atoms with Crippen LogP contribution in [0.1, 0.15) is 52.7 Å². The van der Waals surface area contributed by atoms with Crippen LogP contribution in [0.5, 0.6) is 0 Å². The Labute approximate surface area is 178 Å². The minimum atomic E-state index is -0.548. The molecule has 158 valence electrons. The third-order valence-corrected chi connectivity index (χ3v) is 4.71. The van der Waals surface area contributed by atoms with E-state index in [-0.39, 0.29) is 23.1 Å². The predicted molar refractivity (Wildman–Crippen MR) is 122 cm³/mol. The summed E-state index contributed by atoms with van der Waals surface area (Å²) < 4.78 is 0. The molecule has 0 amide bonds. The molecule has 2 N–H and O–H groups in total. The Morgan fingerprint density at radius 1 is 0.600 bits per heavy atom. The van der Waals surface area contributed by atoms with Gasteiger partial charge < -0.3 is 10.2 Å². The van der Waals surface area contributed by atoms with E-state index in [0.717, 1.165) is 11.1 Å². The lowest BCUT2D eigenvalue weighted by Crippen LogP contribution is -2.17. The fourth-order valence-electron chi connectivity index (χ4n) is 2.51. The van der Waals surface area contributed by atoms with Gasteiger partial charge in [-0.3, -0.25) is 9.59 Å². The van der Waals surface area contributed by atoms with Crippen LogP contribution in [0.15, 0.2) is 60.7 Å². The monoisotopic (exact) mass is 406 g/mol. The van der Waals surface area contributed by atoms with Gasteiger partial charge >= 0.3 is 0 Å². The number of benzene rings is 2. The number of aliphatic hydroxyl groups is 2. The van der Waals surface area contributed by atoms with E-state index in [1.807, 2.05) is 24.3 Å². The number of carbonyl (C=O) groups excluding carboxylic acids is 2. The van der Waals surface area contributed by atoms with Gasteiger partial charge in [0.1, 0.15) is 11.5 Å². The first-order valence-corrected chi connectivity index (χ1v) is 9.90. The van der Waals surface area contributed by atoms with Crippen LogP contribution in [0, 0.1) is 10.8 Å². The lowest BCUT2D eigenvalue weighted by Gasteiger charge is -2.14. The number of rotatable bonds is 5. The zero-order valence-electron chi connectivity index (χ0n) is 18.5. The highest BCUT2D eigenvalue weighted by molar-refractivity contribution is 5.99. The highest BCUT2D eigenvalue weighted by Gasteiger charge is 2.20. The number of hydrogen-bond acceptors (Lipinski definition) is 4. The topological polar surface area (TPSA) is 74.6 Å². The molecule has 0 fully saturated rings. The van der Waals surface area contributed by atoms with Crippen LogP contribution in [0.3, 0.4) is 0 Å². The molecule has 0 heterocycles. The van der Waals surface area contributed by atoms with Gasteiger partial charge in [-0.2, -0.15) is 0 Å². The smallest absolute Gasteiger partial charge is 0.164 e. The van der Waals surface area contributed by atoms with E-state index in [0.29, 0.717) is 11.1 Å². The molecule has 0 bridgehead atoms. The molecule has 0 aromatic heterocycles. The van der Waals surface area contributed by atoms with Gasteiger partial charge in [0.25, 0.3) is 0 Å². The van der Waals surface area contributed by atoms with E-state index in [1.165, 1.54) is 12.2 Å². The summed E-state index contributed by atoms with van der Waals surface area (Å²) in [5.74, 6) is -0.402. The minimum absolute atomic E-state index is 0.0598. The van der Waals surface area contributed by atoms with Crippen molar-refractivity contribution in [2.75, 3.05) is 0 Å². The summed E-state index contributed by atoms with van der Waals surface area (Å²) in [5, 5.41) is 20.4. The second-order valence-electron chi connectivity index (χ2n) is 9.44. The molecule has 0 radical (unpaired) electrons. The molecule has 0 aliphatic carbocycles. The molecule has 0 atom stereocenters. The molecule has 0 spiro atoms. The van der Waals surface area contributed by atoms with Crippen LogP contribution < -0.4 is 0 Å². The van der Waals surface area contributed by atoms with Gasteiger partial charge in [0.05, 0.1) is 0 Å². The second kappa shape index (κ2) is 8.70. The molecule has 30 heavy (non-hydrogen) atoms. The van der Waals surface area contributed by atoms with Gasteiger partial charge in [-0.15, -0.1) is 0 Å². The van der Waals surface area contributed by atoms with Gasteiger partial charge in [-0.1, -0.05) is 90.1 Å². The summed E-state index contributed by atoms with van der Waals surface area (Å²) in [6.07, 6.45) is 2.52. The Hall–Kier alpha value is -3.14. The SMILES string of the molecule is CC(C)(C)C(=O)/C=C(\O)c1ccc(-c2ccc(/C(O)=C/C(=O)C(C)(C)C)cc2)cc1. The summed E-state index contributed by atoms with van der Waals surface area (Å²) in [4.78, 5) is 24.1. The fraction of sp³-hybridized carbons (Fsp3) is 0.308. The lowest BCUT2D eigenvalue weighted by atomic mass is 9.90. The average molecular weight is 407 g/mol. The van der Waals surface area contributed by atoms with Crippen molar-refractivity contribution in [1.29, 1.82) is 0 Å². The first-order valence-electron chi connectivity index (χ1n) is 9.90. The average Bonchev–Trinajstić information content (AvgIpc) is 2.66. The maximum atomic E-state index is 12.1. The largest absolute Gasteiger partial charge is 0.507 e. The van der Waals surface area contributed by atoms with Crippen LogP contribution in [-0.4, -0.2) is 21.8 Å². The molecule has 4 heteroatoms. The van der Waals surface area contributed by atoms with Crippen molar-refractivity contribution in [1.82, 2.24) is 0 Å². The third-order valence-electron chi connectivity index (χ3n) is 4.71. The lowest BCUT2D eigenvalue weighted by molar-refractivity contribution is -0.122. The molecular weight excluding hydrogens is 376 g/mol. The molecule has 2 aromatic carbocycles. The molecule has 4 nitrogen and oxygen atoms in total. The van der Waals surface area contributed by atoms with E-state index in [4.69, 9.17) is 0 Å². The standard InChI is InChI=1S/C26H30O4/c1-25(2,3)23(29)15-21(27)19-11-7-17(8-12-19)18-9-13-20(14-10-18)22(28)16-24(30)26(4,5)6/h7-16,27-28H,1-6H3/b21-15-,22-16-.